The van der Waals surface area contributed by atoms with E-state index in [-0.39, 0.29) is 6.54 Å². The molecule has 2 heterocycles. The van der Waals surface area contributed by atoms with Crippen molar-refractivity contribution in [2.75, 3.05) is 32.7 Å². The minimum Gasteiger partial charge on any atom is -0.480 e. The Hall–Kier alpha value is -1.50. The Morgan fingerprint density at radius 3 is 2.60 bits per heavy atom. The summed E-state index contributed by atoms with van der Waals surface area (Å²) in [6, 6.07) is 8.19. The molecule has 1 aliphatic heterocycles. The van der Waals surface area contributed by atoms with Gasteiger partial charge in [0.05, 0.1) is 23.3 Å². The summed E-state index contributed by atoms with van der Waals surface area (Å²) < 4.78 is 1.23. The molecular weight excluding hydrogens is 274 g/mol. The molecule has 3 rings (SSSR count). The van der Waals surface area contributed by atoms with E-state index < -0.39 is 5.97 Å². The zero-order valence-electron chi connectivity index (χ0n) is 11.2. The van der Waals surface area contributed by atoms with Gasteiger partial charge in [0, 0.05) is 26.2 Å². The maximum atomic E-state index is 10.7. The van der Waals surface area contributed by atoms with E-state index in [4.69, 9.17) is 5.11 Å². The molecule has 106 valence electrons. The maximum absolute atomic E-state index is 10.7. The number of carboxylic acid groups (broad SMARTS) is 1. The van der Waals surface area contributed by atoms with Crippen LogP contribution in [-0.2, 0) is 11.3 Å². The summed E-state index contributed by atoms with van der Waals surface area (Å²) >= 11 is 1.74. The van der Waals surface area contributed by atoms with Gasteiger partial charge in [0.25, 0.3) is 0 Å². The molecule has 2 aromatic rings. The highest BCUT2D eigenvalue weighted by Crippen LogP contribution is 2.22. The molecule has 0 aliphatic carbocycles. The summed E-state index contributed by atoms with van der Waals surface area (Å²) in [5.74, 6) is -0.746. The standard InChI is InChI=1S/C14H17N3O2S/c18-14(19)10-17-7-5-16(6-8-17)9-13-15-11-3-1-2-4-12(11)20-13/h1-4H,5-10H2,(H,18,19). The van der Waals surface area contributed by atoms with E-state index in [2.05, 4.69) is 16.0 Å². The van der Waals surface area contributed by atoms with Gasteiger partial charge in [-0.25, -0.2) is 4.98 Å². The van der Waals surface area contributed by atoms with Gasteiger partial charge in [-0.05, 0) is 12.1 Å². The van der Waals surface area contributed by atoms with E-state index in [0.717, 1.165) is 43.2 Å². The summed E-state index contributed by atoms with van der Waals surface area (Å²) in [7, 11) is 0. The second-order valence-electron chi connectivity index (χ2n) is 5.02. The molecule has 0 radical (unpaired) electrons. The van der Waals surface area contributed by atoms with Gasteiger partial charge in [0.1, 0.15) is 5.01 Å². The first-order chi connectivity index (χ1) is 9.70. The van der Waals surface area contributed by atoms with Crippen molar-refractivity contribution < 1.29 is 9.90 Å². The molecule has 1 fully saturated rings. The molecule has 1 aromatic carbocycles. The van der Waals surface area contributed by atoms with E-state index >= 15 is 0 Å². The van der Waals surface area contributed by atoms with Crippen LogP contribution in [0.5, 0.6) is 0 Å². The fourth-order valence-corrected chi connectivity index (χ4v) is 3.49. The molecule has 0 unspecified atom stereocenters. The molecule has 0 saturated carbocycles. The summed E-state index contributed by atoms with van der Waals surface area (Å²) in [6.45, 7) is 4.45. The van der Waals surface area contributed by atoms with Crippen LogP contribution in [0.15, 0.2) is 24.3 Å². The van der Waals surface area contributed by atoms with Gasteiger partial charge in [-0.1, -0.05) is 12.1 Å². The average molecular weight is 291 g/mol. The van der Waals surface area contributed by atoms with E-state index in [1.165, 1.54) is 4.70 Å². The lowest BCUT2D eigenvalue weighted by molar-refractivity contribution is -0.138. The molecular formula is C14H17N3O2S. The number of rotatable bonds is 4. The summed E-state index contributed by atoms with van der Waals surface area (Å²) in [5.41, 5.74) is 1.07. The zero-order chi connectivity index (χ0) is 13.9. The number of piperazine rings is 1. The van der Waals surface area contributed by atoms with Gasteiger partial charge >= 0.3 is 5.97 Å². The molecule has 1 N–H and O–H groups in total. The number of hydrogen-bond donors (Lipinski definition) is 1. The third-order valence-corrected chi connectivity index (χ3v) is 4.54. The number of thiazole rings is 1. The van der Waals surface area contributed by atoms with Gasteiger partial charge in [0.2, 0.25) is 0 Å². The smallest absolute Gasteiger partial charge is 0.317 e. The predicted octanol–water partition coefficient (Wildman–Crippen LogP) is 1.50. The number of carboxylic acids is 1. The molecule has 1 aromatic heterocycles. The van der Waals surface area contributed by atoms with Crippen molar-refractivity contribution in [2.45, 2.75) is 6.54 Å². The van der Waals surface area contributed by atoms with Crippen LogP contribution in [0.4, 0.5) is 0 Å². The number of benzene rings is 1. The molecule has 0 atom stereocenters. The largest absolute Gasteiger partial charge is 0.480 e. The monoisotopic (exact) mass is 291 g/mol. The average Bonchev–Trinajstić information content (AvgIpc) is 2.82. The lowest BCUT2D eigenvalue weighted by Gasteiger charge is -2.33. The van der Waals surface area contributed by atoms with Gasteiger partial charge in [-0.3, -0.25) is 14.6 Å². The van der Waals surface area contributed by atoms with Crippen LogP contribution in [0.25, 0.3) is 10.2 Å². The van der Waals surface area contributed by atoms with Gasteiger partial charge in [0.15, 0.2) is 0 Å². The molecule has 0 bridgehead atoms. The Labute approximate surface area is 121 Å². The number of fused-ring (bicyclic) bond motifs is 1. The van der Waals surface area contributed by atoms with Crippen molar-refractivity contribution in [3.63, 3.8) is 0 Å². The number of carbonyl (C=O) groups is 1. The van der Waals surface area contributed by atoms with Crippen molar-refractivity contribution in [3.05, 3.63) is 29.3 Å². The molecule has 0 amide bonds. The SMILES string of the molecule is O=C(O)CN1CCN(Cc2nc3ccccc3s2)CC1. The van der Waals surface area contributed by atoms with Crippen LogP contribution >= 0.6 is 11.3 Å². The first kappa shape index (κ1) is 13.5. The molecule has 5 nitrogen and oxygen atoms in total. The third-order valence-electron chi connectivity index (χ3n) is 3.52. The molecule has 0 spiro atoms. The minimum atomic E-state index is -0.746. The molecule has 1 aliphatic rings. The fourth-order valence-electron chi connectivity index (χ4n) is 2.48. The molecule has 20 heavy (non-hydrogen) atoms. The lowest BCUT2D eigenvalue weighted by Crippen LogP contribution is -2.47. The van der Waals surface area contributed by atoms with E-state index in [1.807, 2.05) is 23.1 Å². The Bertz CT molecular complexity index is 572. The first-order valence-corrected chi connectivity index (χ1v) is 7.53. The molecule has 1 saturated heterocycles. The third kappa shape index (κ3) is 3.15. The number of nitrogens with zero attached hydrogens (tertiary/aromatic N) is 3. The van der Waals surface area contributed by atoms with Gasteiger partial charge < -0.3 is 5.11 Å². The topological polar surface area (TPSA) is 56.7 Å². The second-order valence-corrected chi connectivity index (χ2v) is 6.14. The van der Waals surface area contributed by atoms with Crippen LogP contribution in [0.2, 0.25) is 0 Å². The summed E-state index contributed by atoms with van der Waals surface area (Å²) in [4.78, 5) is 19.6. The van der Waals surface area contributed by atoms with Crippen molar-refractivity contribution in [2.24, 2.45) is 0 Å². The van der Waals surface area contributed by atoms with Gasteiger partial charge in [-0.2, -0.15) is 0 Å². The predicted molar refractivity (Wildman–Crippen MR) is 79.0 cm³/mol. The van der Waals surface area contributed by atoms with Crippen LogP contribution < -0.4 is 0 Å². The minimum absolute atomic E-state index is 0.148. The van der Waals surface area contributed by atoms with Crippen LogP contribution in [0, 0.1) is 0 Å². The van der Waals surface area contributed by atoms with Crippen LogP contribution in [-0.4, -0.2) is 58.6 Å². The molecule has 6 heteroatoms. The number of para-hydroxylation sites is 1. The fraction of sp³-hybridized carbons (Fsp3) is 0.429. The summed E-state index contributed by atoms with van der Waals surface area (Å²) in [5, 5.41) is 9.92. The highest BCUT2D eigenvalue weighted by Gasteiger charge is 2.19. The lowest BCUT2D eigenvalue weighted by atomic mass is 10.3. The number of aromatic nitrogens is 1. The number of hydrogen-bond acceptors (Lipinski definition) is 5. The van der Waals surface area contributed by atoms with E-state index in [1.54, 1.807) is 11.3 Å². The normalized spacial score (nSPS) is 17.6. The highest BCUT2D eigenvalue weighted by atomic mass is 32.1. The Morgan fingerprint density at radius 2 is 1.90 bits per heavy atom. The van der Waals surface area contributed by atoms with Gasteiger partial charge in [-0.15, -0.1) is 11.3 Å². The van der Waals surface area contributed by atoms with Crippen molar-refractivity contribution in [1.29, 1.82) is 0 Å². The quantitative estimate of drug-likeness (QED) is 0.925. The Kier molecular flexibility index (Phi) is 3.95. The zero-order valence-corrected chi connectivity index (χ0v) is 12.0. The van der Waals surface area contributed by atoms with Crippen molar-refractivity contribution >= 4 is 27.5 Å². The number of aliphatic carboxylic acids is 1. The van der Waals surface area contributed by atoms with Crippen molar-refractivity contribution in [1.82, 2.24) is 14.8 Å². The van der Waals surface area contributed by atoms with E-state index in [0.29, 0.717) is 0 Å². The Balaban J connectivity index is 1.58. The van der Waals surface area contributed by atoms with Crippen LogP contribution in [0.1, 0.15) is 5.01 Å². The maximum Gasteiger partial charge on any atom is 0.317 e. The Morgan fingerprint density at radius 1 is 1.20 bits per heavy atom. The first-order valence-electron chi connectivity index (χ1n) is 6.72. The second kappa shape index (κ2) is 5.87. The van der Waals surface area contributed by atoms with Crippen molar-refractivity contribution in [3.8, 4) is 0 Å². The summed E-state index contributed by atoms with van der Waals surface area (Å²) in [6.07, 6.45) is 0. The van der Waals surface area contributed by atoms with E-state index in [9.17, 15) is 4.79 Å². The van der Waals surface area contributed by atoms with Crippen LogP contribution in [0.3, 0.4) is 0 Å². The highest BCUT2D eigenvalue weighted by molar-refractivity contribution is 7.18.